The van der Waals surface area contributed by atoms with Crippen molar-refractivity contribution in [1.29, 1.82) is 0 Å². The molecule has 0 aliphatic carbocycles. The molecule has 1 fully saturated rings. The maximum atomic E-state index is 10.2. The van der Waals surface area contributed by atoms with Crippen LogP contribution in [0.4, 0.5) is 0 Å². The zero-order valence-corrected chi connectivity index (χ0v) is 11.1. The van der Waals surface area contributed by atoms with Crippen molar-refractivity contribution in [3.8, 4) is 0 Å². The van der Waals surface area contributed by atoms with Gasteiger partial charge in [-0.2, -0.15) is 0 Å². The lowest BCUT2D eigenvalue weighted by Gasteiger charge is -2.31. The molecule has 1 saturated heterocycles. The van der Waals surface area contributed by atoms with Gasteiger partial charge < -0.3 is 10.0 Å². The Hall–Kier alpha value is -0.930. The van der Waals surface area contributed by atoms with Gasteiger partial charge in [0.15, 0.2) is 0 Å². The second-order valence-corrected chi connectivity index (χ2v) is 4.34. The van der Waals surface area contributed by atoms with Gasteiger partial charge in [0.1, 0.15) is 0 Å². The summed E-state index contributed by atoms with van der Waals surface area (Å²) in [6.07, 6.45) is 3.48. The molecule has 1 N–H and O–H groups in total. The first-order valence-electron chi connectivity index (χ1n) is 6.55. The lowest BCUT2D eigenvalue weighted by atomic mass is 9.89. The van der Waals surface area contributed by atoms with Crippen molar-refractivity contribution >= 4 is 0 Å². The molecule has 0 spiro atoms. The van der Waals surface area contributed by atoms with Crippen molar-refractivity contribution in [3.63, 3.8) is 0 Å². The fraction of sp³-hybridized carbons (Fsp3) is 0.643. The highest BCUT2D eigenvalue weighted by molar-refractivity contribution is 5.07. The molecule has 0 amide bonds. The summed E-state index contributed by atoms with van der Waals surface area (Å²) in [6.45, 7) is 6.16. The molecular weight excluding hydrogens is 212 g/mol. The Bertz CT molecular complexity index is 294. The van der Waals surface area contributed by atoms with Gasteiger partial charge in [0.25, 0.3) is 0 Å². The van der Waals surface area contributed by atoms with Crippen LogP contribution in [0.2, 0.25) is 0 Å². The Balaban J connectivity index is 0.000000686. The van der Waals surface area contributed by atoms with Crippen LogP contribution in [-0.2, 0) is 0 Å². The minimum Gasteiger partial charge on any atom is -0.387 e. The number of aliphatic hydroxyl groups is 1. The van der Waals surface area contributed by atoms with Gasteiger partial charge in [-0.1, -0.05) is 19.9 Å². The third-order valence-electron chi connectivity index (χ3n) is 3.20. The average Bonchev–Trinajstić information content (AvgIpc) is 2.42. The van der Waals surface area contributed by atoms with Crippen molar-refractivity contribution < 1.29 is 5.11 Å². The summed E-state index contributed by atoms with van der Waals surface area (Å²) in [7, 11) is 2.13. The van der Waals surface area contributed by atoms with E-state index in [1.54, 1.807) is 6.20 Å². The molecule has 1 unspecified atom stereocenters. The van der Waals surface area contributed by atoms with E-state index in [-0.39, 0.29) is 6.10 Å². The van der Waals surface area contributed by atoms with Crippen molar-refractivity contribution in [2.45, 2.75) is 32.8 Å². The van der Waals surface area contributed by atoms with Gasteiger partial charge in [-0.3, -0.25) is 4.98 Å². The molecular formula is C14H24N2O. The number of hydrogen-bond acceptors (Lipinski definition) is 3. The first-order chi connectivity index (χ1) is 8.27. The molecule has 1 aromatic heterocycles. The van der Waals surface area contributed by atoms with E-state index in [1.165, 1.54) is 0 Å². The van der Waals surface area contributed by atoms with Crippen LogP contribution >= 0.6 is 0 Å². The van der Waals surface area contributed by atoms with Crippen LogP contribution in [0.25, 0.3) is 0 Å². The highest BCUT2D eigenvalue weighted by atomic mass is 16.3. The van der Waals surface area contributed by atoms with Gasteiger partial charge in [-0.25, -0.2) is 0 Å². The number of nitrogens with zero attached hydrogens (tertiary/aromatic N) is 2. The number of aromatic nitrogens is 1. The third-order valence-corrected chi connectivity index (χ3v) is 3.20. The zero-order valence-electron chi connectivity index (χ0n) is 11.1. The Kier molecular flexibility index (Phi) is 6.16. The van der Waals surface area contributed by atoms with Crippen LogP contribution < -0.4 is 0 Å². The number of hydrogen-bond donors (Lipinski definition) is 1. The lowest BCUT2D eigenvalue weighted by Crippen LogP contribution is -2.32. The summed E-state index contributed by atoms with van der Waals surface area (Å²) >= 11 is 0. The van der Waals surface area contributed by atoms with Crippen molar-refractivity contribution in [2.75, 3.05) is 20.1 Å². The fourth-order valence-corrected chi connectivity index (χ4v) is 2.14. The van der Waals surface area contributed by atoms with Gasteiger partial charge in [-0.05, 0) is 51.0 Å². The highest BCUT2D eigenvalue weighted by Crippen LogP contribution is 2.28. The summed E-state index contributed by atoms with van der Waals surface area (Å²) in [5.74, 6) is 0.371. The molecule has 0 bridgehead atoms. The number of piperidine rings is 1. The zero-order chi connectivity index (χ0) is 12.7. The van der Waals surface area contributed by atoms with Crippen LogP contribution in [0.1, 0.15) is 38.5 Å². The van der Waals surface area contributed by atoms with Gasteiger partial charge in [0.2, 0.25) is 0 Å². The Morgan fingerprint density at radius 3 is 2.47 bits per heavy atom. The van der Waals surface area contributed by atoms with Crippen LogP contribution in [0.15, 0.2) is 24.4 Å². The van der Waals surface area contributed by atoms with Crippen molar-refractivity contribution in [2.24, 2.45) is 5.92 Å². The Labute approximate surface area is 104 Å². The molecule has 1 aliphatic heterocycles. The predicted octanol–water partition coefficient (Wildman–Crippen LogP) is 2.48. The molecule has 17 heavy (non-hydrogen) atoms. The second-order valence-electron chi connectivity index (χ2n) is 4.34. The van der Waals surface area contributed by atoms with E-state index in [0.717, 1.165) is 31.6 Å². The van der Waals surface area contributed by atoms with Crippen LogP contribution in [0.3, 0.4) is 0 Å². The summed E-state index contributed by atoms with van der Waals surface area (Å²) < 4.78 is 0. The predicted molar refractivity (Wildman–Crippen MR) is 70.8 cm³/mol. The number of likely N-dealkylation sites (tertiary alicyclic amines) is 1. The maximum absolute atomic E-state index is 10.2. The molecule has 2 heterocycles. The van der Waals surface area contributed by atoms with Crippen LogP contribution in [0.5, 0.6) is 0 Å². The molecule has 0 aromatic carbocycles. The Morgan fingerprint density at radius 2 is 1.94 bits per heavy atom. The molecule has 2 rings (SSSR count). The average molecular weight is 236 g/mol. The minimum absolute atomic E-state index is 0.371. The maximum Gasteiger partial charge on any atom is 0.0988 e. The molecule has 1 atom stereocenters. The first-order valence-corrected chi connectivity index (χ1v) is 6.55. The van der Waals surface area contributed by atoms with E-state index in [9.17, 15) is 5.11 Å². The van der Waals surface area contributed by atoms with E-state index < -0.39 is 0 Å². The summed E-state index contributed by atoms with van der Waals surface area (Å²) in [4.78, 5) is 6.52. The summed E-state index contributed by atoms with van der Waals surface area (Å²) in [6, 6.07) is 5.72. The molecule has 0 saturated carbocycles. The normalized spacial score (nSPS) is 19.3. The van der Waals surface area contributed by atoms with Crippen molar-refractivity contribution in [1.82, 2.24) is 9.88 Å². The van der Waals surface area contributed by atoms with E-state index in [2.05, 4.69) is 16.9 Å². The lowest BCUT2D eigenvalue weighted by molar-refractivity contribution is 0.0627. The fourth-order valence-electron chi connectivity index (χ4n) is 2.14. The molecule has 96 valence electrons. The van der Waals surface area contributed by atoms with Crippen molar-refractivity contribution in [3.05, 3.63) is 30.1 Å². The van der Waals surface area contributed by atoms with Gasteiger partial charge in [0.05, 0.1) is 11.8 Å². The van der Waals surface area contributed by atoms with Crippen LogP contribution in [0, 0.1) is 5.92 Å². The molecule has 3 nitrogen and oxygen atoms in total. The third kappa shape index (κ3) is 4.10. The minimum atomic E-state index is -0.389. The highest BCUT2D eigenvalue weighted by Gasteiger charge is 2.25. The SMILES string of the molecule is CC.CN1CCC(C(O)c2ccccn2)CC1. The largest absolute Gasteiger partial charge is 0.387 e. The molecule has 1 aromatic rings. The summed E-state index contributed by atoms with van der Waals surface area (Å²) in [5, 5.41) is 10.2. The first kappa shape index (κ1) is 14.1. The van der Waals surface area contributed by atoms with Gasteiger partial charge >= 0.3 is 0 Å². The summed E-state index contributed by atoms with van der Waals surface area (Å²) in [5.41, 5.74) is 0.812. The second kappa shape index (κ2) is 7.41. The Morgan fingerprint density at radius 1 is 1.29 bits per heavy atom. The van der Waals surface area contributed by atoms with E-state index in [1.807, 2.05) is 32.0 Å². The van der Waals surface area contributed by atoms with Gasteiger partial charge in [0, 0.05) is 6.20 Å². The van der Waals surface area contributed by atoms with Gasteiger partial charge in [-0.15, -0.1) is 0 Å². The standard InChI is InChI=1S/C12H18N2O.C2H6/c1-14-8-5-10(6-9-14)12(15)11-4-2-3-7-13-11;1-2/h2-4,7,10,12,15H,5-6,8-9H2,1H3;1-2H3. The topological polar surface area (TPSA) is 36.4 Å². The van der Waals surface area contributed by atoms with E-state index >= 15 is 0 Å². The smallest absolute Gasteiger partial charge is 0.0988 e. The van der Waals surface area contributed by atoms with E-state index in [4.69, 9.17) is 0 Å². The van der Waals surface area contributed by atoms with Crippen LogP contribution in [-0.4, -0.2) is 35.1 Å². The quantitative estimate of drug-likeness (QED) is 0.857. The number of rotatable bonds is 2. The monoisotopic (exact) mass is 236 g/mol. The molecule has 0 radical (unpaired) electrons. The molecule has 3 heteroatoms. The molecule has 1 aliphatic rings. The van der Waals surface area contributed by atoms with E-state index in [0.29, 0.717) is 5.92 Å². The number of aliphatic hydroxyl groups excluding tert-OH is 1. The number of pyridine rings is 1.